The van der Waals surface area contributed by atoms with E-state index in [4.69, 9.17) is 26.1 Å². The van der Waals surface area contributed by atoms with Crippen molar-refractivity contribution in [3.8, 4) is 80.2 Å². The van der Waals surface area contributed by atoms with Gasteiger partial charge in [0.2, 0.25) is 15.7 Å². The second-order valence-electron chi connectivity index (χ2n) is 15.2. The maximum atomic E-state index is 12.8. The molecule has 4 aromatic heterocycles. The molecule has 0 fully saturated rings. The van der Waals surface area contributed by atoms with Gasteiger partial charge in [-0.3, -0.25) is 25.0 Å². The molecule has 0 saturated heterocycles. The Morgan fingerprint density at radius 3 is 1.57 bits per heavy atom. The molecule has 0 aliphatic carbocycles. The van der Waals surface area contributed by atoms with Crippen molar-refractivity contribution in [2.45, 2.75) is 0 Å². The Balaban J connectivity index is 0.000000178. The van der Waals surface area contributed by atoms with E-state index in [0.717, 1.165) is 5.75 Å². The van der Waals surface area contributed by atoms with Crippen LogP contribution in [0.3, 0.4) is 0 Å². The van der Waals surface area contributed by atoms with Crippen molar-refractivity contribution in [1.82, 2.24) is 30.4 Å². The van der Waals surface area contributed by atoms with E-state index in [2.05, 4.69) is 42.1 Å². The number of aromatic nitrogens is 6. The predicted molar refractivity (Wildman–Crippen MR) is 276 cm³/mol. The number of H-pyrrole nitrogens is 1. The number of hydrogen-bond donors (Lipinski definition) is 3. The Labute approximate surface area is 423 Å². The number of pyridine rings is 2. The SMILES string of the molecule is N#Cc1c(-c2ccc(Oc3ccccc3)cc2)[nH]c(-c2cccc(C(=O)Nc3nncs3)c2)cc1=O.N#Cc1c(Cl)cc(-c2cccc(C(=O)Nc3nncs3)c2)nc1-c1ccc(Oc2ccccc2)cc1. The Hall–Kier alpha value is -9.65. The Morgan fingerprint density at radius 2 is 1.06 bits per heavy atom. The molecule has 0 saturated carbocycles. The molecule has 10 rings (SSSR count). The summed E-state index contributed by atoms with van der Waals surface area (Å²) in [6, 6.07) is 54.1. The molecule has 0 spiro atoms. The average molecular weight is 1000 g/mol. The standard InChI is InChI=1S/C27H16ClN5O2S.C27H17N5O3S/c28-23-14-24(18-5-4-6-19(13-18)26(34)32-27-33-30-16-36-27)31-25(22(23)15-29)17-9-11-21(12-10-17)35-20-7-2-1-3-8-20;28-15-22-24(33)14-23(18-5-4-6-19(13-18)26(34)31-27-32-29-16-36-27)30-25(22)17-9-11-21(12-10-17)35-20-7-2-1-3-8-20/h1-14,16H,(H,32,33,34);1-14,16H,(H,30,33)(H,31,32,34). The monoisotopic (exact) mass is 1000 g/mol. The zero-order valence-corrected chi connectivity index (χ0v) is 39.6. The molecule has 2 amide bonds. The summed E-state index contributed by atoms with van der Waals surface area (Å²) in [4.78, 5) is 46.0. The fourth-order valence-corrected chi connectivity index (χ4v) is 8.20. The molecule has 18 heteroatoms. The van der Waals surface area contributed by atoms with Crippen molar-refractivity contribution in [2.75, 3.05) is 10.6 Å². The first-order valence-corrected chi connectivity index (χ1v) is 23.7. The maximum absolute atomic E-state index is 12.8. The normalized spacial score (nSPS) is 10.4. The highest BCUT2D eigenvalue weighted by Gasteiger charge is 2.18. The van der Waals surface area contributed by atoms with E-state index in [1.165, 1.54) is 39.8 Å². The molecule has 72 heavy (non-hydrogen) atoms. The van der Waals surface area contributed by atoms with Crippen LogP contribution in [0.2, 0.25) is 5.02 Å². The Bertz CT molecular complexity index is 3680. The zero-order valence-electron chi connectivity index (χ0n) is 37.2. The van der Waals surface area contributed by atoms with Crippen molar-refractivity contribution in [3.63, 3.8) is 0 Å². The van der Waals surface area contributed by atoms with Gasteiger partial charge in [-0.05, 0) is 114 Å². The second kappa shape index (κ2) is 22.2. The number of nitriles is 2. The molecule has 0 bridgehead atoms. The van der Waals surface area contributed by atoms with Gasteiger partial charge in [-0.15, -0.1) is 20.4 Å². The number of ether oxygens (including phenoxy) is 2. The summed E-state index contributed by atoms with van der Waals surface area (Å²) in [5, 5.41) is 40.9. The van der Waals surface area contributed by atoms with E-state index in [1.807, 2.05) is 97.1 Å². The van der Waals surface area contributed by atoms with Gasteiger partial charge in [-0.2, -0.15) is 10.5 Å². The van der Waals surface area contributed by atoms with Crippen LogP contribution in [-0.4, -0.2) is 42.2 Å². The topological polar surface area (TPSA) is 222 Å². The summed E-state index contributed by atoms with van der Waals surface area (Å²) in [6.07, 6.45) is 0. The number of nitrogens with zero attached hydrogens (tertiary/aromatic N) is 7. The minimum Gasteiger partial charge on any atom is -0.457 e. The van der Waals surface area contributed by atoms with Crippen LogP contribution in [0.15, 0.2) is 186 Å². The summed E-state index contributed by atoms with van der Waals surface area (Å²) >= 11 is 8.93. The third-order valence-electron chi connectivity index (χ3n) is 10.5. The van der Waals surface area contributed by atoms with Gasteiger partial charge in [0.15, 0.2) is 0 Å². The molecule has 348 valence electrons. The van der Waals surface area contributed by atoms with Gasteiger partial charge >= 0.3 is 0 Å². The van der Waals surface area contributed by atoms with Gasteiger partial charge in [0.1, 0.15) is 51.7 Å². The number of carbonyl (C=O) groups excluding carboxylic acids is 2. The van der Waals surface area contributed by atoms with E-state index in [1.54, 1.807) is 72.8 Å². The van der Waals surface area contributed by atoms with Crippen LogP contribution in [0.25, 0.3) is 45.0 Å². The van der Waals surface area contributed by atoms with E-state index in [0.29, 0.717) is 83.7 Å². The molecule has 0 aliphatic heterocycles. The summed E-state index contributed by atoms with van der Waals surface area (Å²) in [6.45, 7) is 0. The van der Waals surface area contributed by atoms with Crippen LogP contribution in [-0.2, 0) is 0 Å². The zero-order chi connectivity index (χ0) is 49.8. The average Bonchev–Trinajstić information content (AvgIpc) is 4.15. The third kappa shape index (κ3) is 11.4. The summed E-state index contributed by atoms with van der Waals surface area (Å²) in [7, 11) is 0. The van der Waals surface area contributed by atoms with Crippen LogP contribution in [0.4, 0.5) is 10.3 Å². The molecule has 0 atom stereocenters. The van der Waals surface area contributed by atoms with Crippen molar-refractivity contribution in [3.05, 3.63) is 218 Å². The van der Waals surface area contributed by atoms with Crippen LogP contribution < -0.4 is 25.5 Å². The number of benzene rings is 6. The molecule has 4 heterocycles. The highest BCUT2D eigenvalue weighted by Crippen LogP contribution is 2.34. The minimum absolute atomic E-state index is 0.000597. The fourth-order valence-electron chi connectivity index (χ4n) is 7.08. The minimum atomic E-state index is -0.422. The Morgan fingerprint density at radius 1 is 0.556 bits per heavy atom. The van der Waals surface area contributed by atoms with Gasteiger partial charge in [0, 0.05) is 34.0 Å². The van der Waals surface area contributed by atoms with Gasteiger partial charge < -0.3 is 14.5 Å². The molecule has 6 aromatic carbocycles. The molecular formula is C54H33ClN10O5S2. The molecule has 0 unspecified atom stereocenters. The summed E-state index contributed by atoms with van der Waals surface area (Å²) < 4.78 is 11.7. The number of rotatable bonds is 12. The van der Waals surface area contributed by atoms with Crippen LogP contribution in [0.1, 0.15) is 31.8 Å². The third-order valence-corrected chi connectivity index (χ3v) is 12.0. The van der Waals surface area contributed by atoms with Crippen molar-refractivity contribution >= 4 is 56.4 Å². The molecule has 0 aliphatic rings. The lowest BCUT2D eigenvalue weighted by atomic mass is 10.0. The summed E-state index contributed by atoms with van der Waals surface area (Å²) in [5.74, 6) is 2.03. The molecule has 15 nitrogen and oxygen atoms in total. The van der Waals surface area contributed by atoms with Crippen LogP contribution in [0, 0.1) is 22.7 Å². The van der Waals surface area contributed by atoms with Crippen molar-refractivity contribution in [1.29, 1.82) is 10.5 Å². The second-order valence-corrected chi connectivity index (χ2v) is 17.2. The van der Waals surface area contributed by atoms with Gasteiger partial charge in [-0.25, -0.2) is 4.98 Å². The lowest BCUT2D eigenvalue weighted by Crippen LogP contribution is -2.12. The fraction of sp³-hybridized carbons (Fsp3) is 0. The van der Waals surface area contributed by atoms with Crippen molar-refractivity contribution < 1.29 is 19.1 Å². The number of hydrogen-bond acceptors (Lipinski definition) is 14. The number of para-hydroxylation sites is 2. The first-order chi connectivity index (χ1) is 35.2. The number of aromatic amines is 1. The predicted octanol–water partition coefficient (Wildman–Crippen LogP) is 12.3. The largest absolute Gasteiger partial charge is 0.457 e. The lowest BCUT2D eigenvalue weighted by Gasteiger charge is -2.11. The summed E-state index contributed by atoms with van der Waals surface area (Å²) in [5.41, 5.74) is 8.20. The number of amides is 2. The quantitative estimate of drug-likeness (QED) is 0.104. The Kier molecular flexibility index (Phi) is 14.6. The van der Waals surface area contributed by atoms with Gasteiger partial charge in [-0.1, -0.05) is 94.9 Å². The number of halogens is 1. The lowest BCUT2D eigenvalue weighted by molar-refractivity contribution is 0.101. The van der Waals surface area contributed by atoms with Crippen molar-refractivity contribution in [2.24, 2.45) is 0 Å². The smallest absolute Gasteiger partial charge is 0.257 e. The number of nitrogens with one attached hydrogen (secondary N) is 3. The van der Waals surface area contributed by atoms with E-state index >= 15 is 0 Å². The first kappa shape index (κ1) is 47.4. The van der Waals surface area contributed by atoms with Gasteiger partial charge in [0.05, 0.1) is 27.7 Å². The molecule has 0 radical (unpaired) electrons. The highest BCUT2D eigenvalue weighted by molar-refractivity contribution is 7.13. The van der Waals surface area contributed by atoms with E-state index in [-0.39, 0.29) is 28.0 Å². The molecular weight excluding hydrogens is 968 g/mol. The van der Waals surface area contributed by atoms with Crippen LogP contribution >= 0.6 is 34.3 Å². The van der Waals surface area contributed by atoms with Gasteiger partial charge in [0.25, 0.3) is 11.8 Å². The number of carbonyl (C=O) groups is 2. The molecule has 3 N–H and O–H groups in total. The number of anilines is 2. The molecule has 10 aromatic rings. The van der Waals surface area contributed by atoms with Crippen LogP contribution in [0.5, 0.6) is 23.0 Å². The first-order valence-electron chi connectivity index (χ1n) is 21.5. The van der Waals surface area contributed by atoms with E-state index < -0.39 is 5.43 Å². The maximum Gasteiger partial charge on any atom is 0.257 e. The van der Waals surface area contributed by atoms with E-state index in [9.17, 15) is 24.9 Å². The highest BCUT2D eigenvalue weighted by atomic mass is 35.5.